The second-order valence-electron chi connectivity index (χ2n) is 4.40. The van der Waals surface area contributed by atoms with Gasteiger partial charge in [-0.3, -0.25) is 9.91 Å². The summed E-state index contributed by atoms with van der Waals surface area (Å²) >= 11 is 4.26. The molecule has 0 heterocycles. The van der Waals surface area contributed by atoms with Gasteiger partial charge in [0.05, 0.1) is 20.3 Å². The Morgan fingerprint density at radius 2 is 1.82 bits per heavy atom. The van der Waals surface area contributed by atoms with Gasteiger partial charge in [0.15, 0.2) is 17.3 Å². The number of Topliss-reactive ketones (excluding diaryl/α,β-unsaturated/α-hetero) is 1. The van der Waals surface area contributed by atoms with Gasteiger partial charge in [-0.15, -0.1) is 0 Å². The number of nitrogens with zero attached hydrogens (tertiary/aromatic N) is 1. The molecule has 0 radical (unpaired) electrons. The molecule has 2 rings (SSSR count). The van der Waals surface area contributed by atoms with E-state index in [1.54, 1.807) is 30.3 Å². The first-order valence-electron chi connectivity index (χ1n) is 6.22. The number of halogens is 2. The fourth-order valence-corrected chi connectivity index (χ4v) is 3.80. The monoisotopic (exact) mass is 522 g/mol. The molecule has 0 saturated heterocycles. The van der Waals surface area contributed by atoms with Crippen LogP contribution in [0.5, 0.6) is 17.2 Å². The van der Waals surface area contributed by atoms with Crippen LogP contribution in [-0.2, 0) is 0 Å². The van der Waals surface area contributed by atoms with Gasteiger partial charge in [0.25, 0.3) is 0 Å². The molecule has 0 spiro atoms. The lowest BCUT2D eigenvalue weighted by Crippen LogP contribution is -2.54. The fraction of sp³-hybridized carbons (Fsp3) is 0.133. The Morgan fingerprint density at radius 3 is 2.32 bits per heavy atom. The molecule has 0 atom stereocenters. The van der Waals surface area contributed by atoms with E-state index < -0.39 is 0 Å². The number of hydrogen-bond donors (Lipinski definition) is 1. The maximum absolute atomic E-state index is 11.5. The van der Waals surface area contributed by atoms with Gasteiger partial charge in [-0.1, -0.05) is 0 Å². The normalized spacial score (nSPS) is 10.2. The van der Waals surface area contributed by atoms with Crippen molar-refractivity contribution >= 4 is 56.7 Å². The Bertz CT molecular complexity index is 725. The van der Waals surface area contributed by atoms with Crippen molar-refractivity contribution < 1.29 is 19.4 Å². The molecular formula is C15H12I2N2O3. The molecule has 0 fully saturated rings. The van der Waals surface area contributed by atoms with Crippen LogP contribution in [0.25, 0.3) is 5.53 Å². The average Bonchev–Trinajstić information content (AvgIpc) is 2.50. The van der Waals surface area contributed by atoms with E-state index >= 15 is 0 Å². The Balaban J connectivity index is 2.39. The zero-order valence-electron chi connectivity index (χ0n) is 11.8. The van der Waals surface area contributed by atoms with Gasteiger partial charge >= 0.3 is 0 Å². The van der Waals surface area contributed by atoms with Crippen molar-refractivity contribution in [1.29, 1.82) is 0 Å². The molecule has 0 aromatic heterocycles. The summed E-state index contributed by atoms with van der Waals surface area (Å²) in [6.45, 7) is 1.53. The molecule has 2 aromatic rings. The maximum Gasteiger partial charge on any atom is 0.238 e. The fourth-order valence-electron chi connectivity index (χ4n) is 1.82. The lowest BCUT2D eigenvalue weighted by molar-refractivity contribution is -0.380. The van der Waals surface area contributed by atoms with Crippen molar-refractivity contribution in [3.63, 3.8) is 0 Å². The van der Waals surface area contributed by atoms with Crippen LogP contribution >= 0.6 is 45.2 Å². The summed E-state index contributed by atoms with van der Waals surface area (Å²) in [5, 5.41) is 2.07. The highest BCUT2D eigenvalue weighted by Crippen LogP contribution is 2.35. The van der Waals surface area contributed by atoms with Gasteiger partial charge in [-0.2, -0.15) is 0 Å². The molecular weight excluding hydrogens is 510 g/mol. The van der Waals surface area contributed by atoms with E-state index in [0.29, 0.717) is 28.5 Å². The third kappa shape index (κ3) is 3.75. The molecule has 0 amide bonds. The first-order valence-corrected chi connectivity index (χ1v) is 8.38. The topological polar surface area (TPSA) is 71.8 Å². The molecule has 0 aliphatic heterocycles. The first kappa shape index (κ1) is 17.1. The summed E-state index contributed by atoms with van der Waals surface area (Å²) in [4.78, 5) is 11.5. The number of hydrogen-bond acceptors (Lipinski definition) is 3. The number of carbonyl (C=O) groups is 1. The van der Waals surface area contributed by atoms with Gasteiger partial charge < -0.3 is 15.0 Å². The summed E-state index contributed by atoms with van der Waals surface area (Å²) in [5.41, 5.74) is 10.2. The Kier molecular flexibility index (Phi) is 5.73. The Labute approximate surface area is 155 Å². The molecule has 114 valence electrons. The van der Waals surface area contributed by atoms with Crippen LogP contribution in [0.2, 0.25) is 0 Å². The number of rotatable bonds is 5. The Hall–Kier alpha value is -1.23. The van der Waals surface area contributed by atoms with Crippen LogP contribution < -0.4 is 14.6 Å². The Morgan fingerprint density at radius 1 is 1.18 bits per heavy atom. The zero-order chi connectivity index (χ0) is 16.3. The van der Waals surface area contributed by atoms with Gasteiger partial charge in [-0.25, -0.2) is 0 Å². The van der Waals surface area contributed by atoms with Crippen molar-refractivity contribution in [1.82, 2.24) is 0 Å². The molecule has 7 heteroatoms. The molecule has 22 heavy (non-hydrogen) atoms. The lowest BCUT2D eigenvalue weighted by Gasteiger charge is -2.12. The number of benzene rings is 2. The molecule has 0 bridgehead atoms. The quantitative estimate of drug-likeness (QED) is 0.371. The molecule has 0 unspecified atom stereocenters. The lowest BCUT2D eigenvalue weighted by atomic mass is 10.1. The highest BCUT2D eigenvalue weighted by Gasteiger charge is 2.14. The van der Waals surface area contributed by atoms with Crippen molar-refractivity contribution in [2.45, 2.75) is 6.92 Å². The minimum absolute atomic E-state index is 0.0126. The number of carbonyl (C=O) groups excluding carboxylic acids is 1. The maximum atomic E-state index is 11.5. The second-order valence-corrected chi connectivity index (χ2v) is 6.73. The minimum Gasteiger partial charge on any atom is -0.502 e. The van der Waals surface area contributed by atoms with E-state index in [-0.39, 0.29) is 5.78 Å². The summed E-state index contributed by atoms with van der Waals surface area (Å²) in [5.74, 6) is 1.73. The third-order valence-corrected chi connectivity index (χ3v) is 4.52. The van der Waals surface area contributed by atoms with Gasteiger partial charge in [0.1, 0.15) is 5.75 Å². The third-order valence-electron chi connectivity index (χ3n) is 2.92. The van der Waals surface area contributed by atoms with Crippen LogP contribution in [0.4, 0.5) is 5.69 Å². The van der Waals surface area contributed by atoms with Crippen LogP contribution in [-0.4, -0.2) is 12.9 Å². The predicted molar refractivity (Wildman–Crippen MR) is 98.9 cm³/mol. The molecule has 0 aliphatic carbocycles. The largest absolute Gasteiger partial charge is 0.502 e. The first-order chi connectivity index (χ1) is 10.5. The second kappa shape index (κ2) is 7.36. The highest BCUT2D eigenvalue weighted by molar-refractivity contribution is 14.1. The van der Waals surface area contributed by atoms with E-state index in [9.17, 15) is 4.79 Å². The zero-order valence-corrected chi connectivity index (χ0v) is 16.1. The molecule has 0 aliphatic rings. The number of ether oxygens (including phenoxy) is 2. The van der Waals surface area contributed by atoms with E-state index in [0.717, 1.165) is 7.14 Å². The van der Waals surface area contributed by atoms with Gasteiger partial charge in [0.2, 0.25) is 5.69 Å². The van der Waals surface area contributed by atoms with Crippen LogP contribution in [0.1, 0.15) is 17.3 Å². The van der Waals surface area contributed by atoms with Crippen molar-refractivity contribution in [2.75, 3.05) is 7.11 Å². The van der Waals surface area contributed by atoms with E-state index in [1.807, 2.05) is 0 Å². The summed E-state index contributed by atoms with van der Waals surface area (Å²) < 4.78 is 12.7. The highest BCUT2D eigenvalue weighted by atomic mass is 127. The number of ketones is 1. The molecule has 2 aromatic carbocycles. The summed E-state index contributed by atoms with van der Waals surface area (Å²) in [7, 11) is 1.52. The molecule has 5 nitrogen and oxygen atoms in total. The van der Waals surface area contributed by atoms with Crippen LogP contribution in [0, 0.1) is 7.14 Å². The number of nitrogens with one attached hydrogen (secondary N) is 1. The van der Waals surface area contributed by atoms with E-state index in [2.05, 4.69) is 50.3 Å². The number of methoxy groups -OCH3 is 1. The van der Waals surface area contributed by atoms with Gasteiger partial charge in [0, 0.05) is 5.56 Å². The SMILES string of the molecule is COc1ccc(Oc2c(I)cc(C(C)=O)cc2I)cc1[NH+]=[N-]. The van der Waals surface area contributed by atoms with Crippen molar-refractivity contribution in [2.24, 2.45) is 0 Å². The summed E-state index contributed by atoms with van der Waals surface area (Å²) in [6, 6.07) is 8.64. The van der Waals surface area contributed by atoms with Crippen molar-refractivity contribution in [3.05, 3.63) is 48.6 Å². The van der Waals surface area contributed by atoms with E-state index in [4.69, 9.17) is 15.0 Å². The minimum atomic E-state index is 0.0126. The predicted octanol–water partition coefficient (Wildman–Crippen LogP) is 3.63. The van der Waals surface area contributed by atoms with Crippen LogP contribution in [0.15, 0.2) is 30.3 Å². The standard InChI is InChI=1S/C15H12I2N2O3/c1-8(20)9-5-11(16)15(12(17)6-9)22-10-3-4-14(21-2)13(7-10)19-18/h3-7,19H,1-2H3. The molecule has 0 saturated carbocycles. The smallest absolute Gasteiger partial charge is 0.238 e. The average molecular weight is 522 g/mol. The van der Waals surface area contributed by atoms with Gasteiger partial charge in [-0.05, 0) is 76.4 Å². The van der Waals surface area contributed by atoms with E-state index in [1.165, 1.54) is 14.0 Å². The van der Waals surface area contributed by atoms with Crippen LogP contribution in [0.3, 0.4) is 0 Å². The summed E-state index contributed by atoms with van der Waals surface area (Å²) in [6.07, 6.45) is 0. The van der Waals surface area contributed by atoms with Crippen molar-refractivity contribution in [3.8, 4) is 17.2 Å². The molecule has 1 N–H and O–H groups in total.